The zero-order valence-electron chi connectivity index (χ0n) is 10.8. The molecule has 1 aliphatic carbocycles. The quantitative estimate of drug-likeness (QED) is 0.778. The van der Waals surface area contributed by atoms with Crippen molar-refractivity contribution in [1.29, 1.82) is 0 Å². The Labute approximate surface area is 101 Å². The fourth-order valence-corrected chi connectivity index (χ4v) is 3.33. The molecule has 2 atom stereocenters. The van der Waals surface area contributed by atoms with Gasteiger partial charge in [0, 0.05) is 12.6 Å². The van der Waals surface area contributed by atoms with Crippen LogP contribution >= 0.6 is 0 Å². The molecule has 0 spiro atoms. The molecule has 2 nitrogen and oxygen atoms in total. The summed E-state index contributed by atoms with van der Waals surface area (Å²) in [6, 6.07) is 0.811. The number of hydrogen-bond acceptors (Lipinski definition) is 2. The van der Waals surface area contributed by atoms with Crippen molar-refractivity contribution in [2.45, 2.75) is 57.9 Å². The van der Waals surface area contributed by atoms with E-state index in [2.05, 4.69) is 11.8 Å². The number of hydrogen-bond donors (Lipinski definition) is 1. The molecule has 94 valence electrons. The topological polar surface area (TPSA) is 29.3 Å². The van der Waals surface area contributed by atoms with Crippen LogP contribution in [0.1, 0.15) is 51.9 Å². The lowest BCUT2D eigenvalue weighted by Crippen LogP contribution is -2.43. The second kappa shape index (κ2) is 6.02. The summed E-state index contributed by atoms with van der Waals surface area (Å²) in [6.07, 6.45) is 9.92. The molecule has 1 saturated carbocycles. The maximum Gasteiger partial charge on any atom is 0.00696 e. The normalized spacial score (nSPS) is 30.0. The van der Waals surface area contributed by atoms with E-state index < -0.39 is 0 Å². The van der Waals surface area contributed by atoms with E-state index in [4.69, 9.17) is 5.73 Å². The van der Waals surface area contributed by atoms with E-state index in [0.717, 1.165) is 24.4 Å². The van der Waals surface area contributed by atoms with Crippen molar-refractivity contribution < 1.29 is 0 Å². The first-order chi connectivity index (χ1) is 7.79. The molecule has 1 aliphatic heterocycles. The summed E-state index contributed by atoms with van der Waals surface area (Å²) < 4.78 is 0. The highest BCUT2D eigenvalue weighted by atomic mass is 15.2. The van der Waals surface area contributed by atoms with Gasteiger partial charge in [-0.05, 0) is 57.5 Å². The molecule has 0 aromatic rings. The standard InChI is InChI=1S/C14H28N2/c1-12(10-13-4-2-5-13)16-9-3-6-14(11-16)7-8-15/h12-14H,2-11,15H2,1H3. The lowest BCUT2D eigenvalue weighted by molar-refractivity contribution is 0.101. The molecular weight excluding hydrogens is 196 g/mol. The Kier molecular flexibility index (Phi) is 4.66. The third-order valence-corrected chi connectivity index (χ3v) is 4.65. The van der Waals surface area contributed by atoms with Gasteiger partial charge in [0.15, 0.2) is 0 Å². The van der Waals surface area contributed by atoms with E-state index in [1.807, 2.05) is 0 Å². The smallest absolute Gasteiger partial charge is 0.00696 e. The summed E-state index contributed by atoms with van der Waals surface area (Å²) in [7, 11) is 0. The zero-order valence-corrected chi connectivity index (χ0v) is 10.8. The Morgan fingerprint density at radius 1 is 1.19 bits per heavy atom. The molecule has 2 fully saturated rings. The van der Waals surface area contributed by atoms with Crippen molar-refractivity contribution in [2.24, 2.45) is 17.6 Å². The molecule has 0 aromatic carbocycles. The van der Waals surface area contributed by atoms with Gasteiger partial charge < -0.3 is 10.6 Å². The van der Waals surface area contributed by atoms with Crippen LogP contribution in [0.3, 0.4) is 0 Å². The Morgan fingerprint density at radius 2 is 1.94 bits per heavy atom. The number of nitrogens with two attached hydrogens (primary N) is 1. The summed E-state index contributed by atoms with van der Waals surface area (Å²) in [5.74, 6) is 1.92. The van der Waals surface area contributed by atoms with Crippen LogP contribution in [-0.4, -0.2) is 30.6 Å². The molecule has 16 heavy (non-hydrogen) atoms. The van der Waals surface area contributed by atoms with Crippen molar-refractivity contribution in [3.8, 4) is 0 Å². The third kappa shape index (κ3) is 3.21. The van der Waals surface area contributed by atoms with Crippen LogP contribution in [0.5, 0.6) is 0 Å². The summed E-state index contributed by atoms with van der Waals surface area (Å²) >= 11 is 0. The van der Waals surface area contributed by atoms with Crippen LogP contribution in [0.15, 0.2) is 0 Å². The molecule has 1 heterocycles. The summed E-state index contributed by atoms with van der Waals surface area (Å²) in [4.78, 5) is 2.72. The molecule has 0 bridgehead atoms. The van der Waals surface area contributed by atoms with E-state index in [9.17, 15) is 0 Å². The molecule has 2 heteroatoms. The lowest BCUT2D eigenvalue weighted by Gasteiger charge is -2.39. The molecule has 0 amide bonds. The van der Waals surface area contributed by atoms with Gasteiger partial charge in [-0.25, -0.2) is 0 Å². The van der Waals surface area contributed by atoms with Crippen molar-refractivity contribution >= 4 is 0 Å². The minimum Gasteiger partial charge on any atom is -0.330 e. The zero-order chi connectivity index (χ0) is 11.4. The maximum absolute atomic E-state index is 5.67. The van der Waals surface area contributed by atoms with Crippen molar-refractivity contribution in [1.82, 2.24) is 4.90 Å². The van der Waals surface area contributed by atoms with Gasteiger partial charge in [-0.15, -0.1) is 0 Å². The van der Waals surface area contributed by atoms with Gasteiger partial charge in [0.25, 0.3) is 0 Å². The van der Waals surface area contributed by atoms with Crippen LogP contribution < -0.4 is 5.73 Å². The second-order valence-electron chi connectivity index (χ2n) is 5.96. The average molecular weight is 224 g/mol. The van der Waals surface area contributed by atoms with E-state index >= 15 is 0 Å². The van der Waals surface area contributed by atoms with E-state index in [1.165, 1.54) is 58.0 Å². The van der Waals surface area contributed by atoms with Crippen molar-refractivity contribution in [2.75, 3.05) is 19.6 Å². The fraction of sp³-hybridized carbons (Fsp3) is 1.00. The summed E-state index contributed by atoms with van der Waals surface area (Å²) in [6.45, 7) is 5.94. The molecule has 2 unspecified atom stereocenters. The van der Waals surface area contributed by atoms with Gasteiger partial charge in [-0.3, -0.25) is 0 Å². The highest BCUT2D eigenvalue weighted by Crippen LogP contribution is 2.32. The van der Waals surface area contributed by atoms with E-state index in [-0.39, 0.29) is 0 Å². The van der Waals surface area contributed by atoms with Crippen LogP contribution in [0.25, 0.3) is 0 Å². The minimum atomic E-state index is 0.811. The Morgan fingerprint density at radius 3 is 2.56 bits per heavy atom. The first-order valence-corrected chi connectivity index (χ1v) is 7.23. The number of piperidine rings is 1. The predicted octanol–water partition coefficient (Wildman–Crippen LogP) is 2.63. The van der Waals surface area contributed by atoms with Crippen LogP contribution in [0.4, 0.5) is 0 Å². The molecule has 2 rings (SSSR count). The Bertz CT molecular complexity index is 199. The molecule has 2 N–H and O–H groups in total. The SMILES string of the molecule is CC(CC1CCC1)N1CCCC(CCN)C1. The Balaban J connectivity index is 1.73. The van der Waals surface area contributed by atoms with Gasteiger partial charge >= 0.3 is 0 Å². The Hall–Kier alpha value is -0.0800. The molecule has 0 aromatic heterocycles. The average Bonchev–Trinajstić information content (AvgIpc) is 2.24. The highest BCUT2D eigenvalue weighted by molar-refractivity contribution is 4.81. The predicted molar refractivity (Wildman–Crippen MR) is 69.4 cm³/mol. The van der Waals surface area contributed by atoms with Crippen LogP contribution in [0, 0.1) is 11.8 Å². The van der Waals surface area contributed by atoms with Gasteiger partial charge in [0.05, 0.1) is 0 Å². The van der Waals surface area contributed by atoms with Crippen LogP contribution in [-0.2, 0) is 0 Å². The van der Waals surface area contributed by atoms with E-state index in [0.29, 0.717) is 0 Å². The fourth-order valence-electron chi connectivity index (χ4n) is 3.33. The van der Waals surface area contributed by atoms with E-state index in [1.54, 1.807) is 0 Å². The molecule has 2 aliphatic rings. The number of rotatable bonds is 5. The minimum absolute atomic E-state index is 0.811. The monoisotopic (exact) mass is 224 g/mol. The van der Waals surface area contributed by atoms with Crippen molar-refractivity contribution in [3.05, 3.63) is 0 Å². The van der Waals surface area contributed by atoms with Gasteiger partial charge in [0.1, 0.15) is 0 Å². The highest BCUT2D eigenvalue weighted by Gasteiger charge is 2.26. The van der Waals surface area contributed by atoms with Crippen LogP contribution in [0.2, 0.25) is 0 Å². The first kappa shape index (κ1) is 12.4. The third-order valence-electron chi connectivity index (χ3n) is 4.65. The largest absolute Gasteiger partial charge is 0.330 e. The van der Waals surface area contributed by atoms with Gasteiger partial charge in [0.2, 0.25) is 0 Å². The number of nitrogens with zero attached hydrogens (tertiary/aromatic N) is 1. The first-order valence-electron chi connectivity index (χ1n) is 7.23. The second-order valence-corrected chi connectivity index (χ2v) is 5.96. The molecule has 0 radical (unpaired) electrons. The molecule has 1 saturated heterocycles. The van der Waals surface area contributed by atoms with Gasteiger partial charge in [-0.2, -0.15) is 0 Å². The lowest BCUT2D eigenvalue weighted by atomic mass is 9.80. The van der Waals surface area contributed by atoms with Gasteiger partial charge in [-0.1, -0.05) is 19.3 Å². The van der Waals surface area contributed by atoms with Crippen molar-refractivity contribution in [3.63, 3.8) is 0 Å². The summed E-state index contributed by atoms with van der Waals surface area (Å²) in [5.41, 5.74) is 5.67. The number of likely N-dealkylation sites (tertiary alicyclic amines) is 1. The summed E-state index contributed by atoms with van der Waals surface area (Å²) in [5, 5.41) is 0. The molecular formula is C14H28N2. The maximum atomic E-state index is 5.67.